The van der Waals surface area contributed by atoms with Crippen molar-refractivity contribution in [2.45, 2.75) is 57.4 Å². The van der Waals surface area contributed by atoms with Crippen LogP contribution >= 0.6 is 0 Å². The van der Waals surface area contributed by atoms with Crippen molar-refractivity contribution in [2.24, 2.45) is 5.92 Å². The molecule has 2 saturated carbocycles. The van der Waals surface area contributed by atoms with Crippen LogP contribution in [0.3, 0.4) is 0 Å². The van der Waals surface area contributed by atoms with Crippen molar-refractivity contribution in [3.63, 3.8) is 0 Å². The van der Waals surface area contributed by atoms with Gasteiger partial charge in [0, 0.05) is 58.8 Å². The third-order valence-electron chi connectivity index (χ3n) is 8.20. The molecule has 0 atom stereocenters. The third kappa shape index (κ3) is 7.04. The second-order valence-corrected chi connectivity index (χ2v) is 12.9. The van der Waals surface area contributed by atoms with Crippen LogP contribution in [0.2, 0.25) is 0 Å². The van der Waals surface area contributed by atoms with E-state index in [1.54, 1.807) is 0 Å². The van der Waals surface area contributed by atoms with E-state index in [1.165, 1.54) is 12.1 Å². The van der Waals surface area contributed by atoms with E-state index in [0.717, 1.165) is 85.5 Å². The number of nitrogens with zero attached hydrogens (tertiary/aromatic N) is 5. The van der Waals surface area contributed by atoms with Gasteiger partial charge in [0.15, 0.2) is 0 Å². The van der Waals surface area contributed by atoms with Crippen LogP contribution < -0.4 is 10.2 Å². The van der Waals surface area contributed by atoms with Crippen LogP contribution in [-0.2, 0) is 15.6 Å². The van der Waals surface area contributed by atoms with Crippen LogP contribution in [0.4, 0.5) is 5.69 Å². The number of benzene rings is 2. The van der Waals surface area contributed by atoms with Gasteiger partial charge in [0.1, 0.15) is 5.54 Å². The molecule has 1 N–H and O–H groups in total. The fraction of sp³-hybridized carbons (Fsp3) is 0.438. The molecule has 1 aliphatic heterocycles. The number of carbonyl (C=O) groups excluding carboxylic acids is 1. The van der Waals surface area contributed by atoms with Crippen LogP contribution in [0, 0.1) is 35.5 Å². The Balaban J connectivity index is 0.000000202. The Morgan fingerprint density at radius 2 is 1.73 bits per heavy atom. The molecule has 8 nitrogen and oxygen atoms in total. The maximum absolute atomic E-state index is 11.8. The number of hydrogen-bond acceptors (Lipinski definition) is 6. The standard InChI is InChI=1S/C21H20N4OS.C11H16N2O/c1-16-12-17(13-22)2-7-21(16)25-15-19(14-23-25)18-3-5-20(6-4-18)24-8-10-27(26)11-9-24;12-8-11(6-7-11)13-10(14)9-4-2-1-3-5-9/h2-7,12,14-15H,8-11H2,1H3;9H,1-7H2,(H,13,14). The highest BCUT2D eigenvalue weighted by molar-refractivity contribution is 7.85. The normalized spacial score (nSPS) is 18.4. The lowest BCUT2D eigenvalue weighted by Crippen LogP contribution is -2.40. The zero-order chi connectivity index (χ0) is 28.8. The van der Waals surface area contributed by atoms with E-state index < -0.39 is 16.3 Å². The summed E-state index contributed by atoms with van der Waals surface area (Å²) in [5, 5.41) is 25.2. The van der Waals surface area contributed by atoms with Crippen molar-refractivity contribution in [1.82, 2.24) is 15.1 Å². The van der Waals surface area contributed by atoms with E-state index in [1.807, 2.05) is 42.2 Å². The van der Waals surface area contributed by atoms with E-state index in [-0.39, 0.29) is 11.8 Å². The highest BCUT2D eigenvalue weighted by atomic mass is 32.2. The minimum absolute atomic E-state index is 0.115. The van der Waals surface area contributed by atoms with Gasteiger partial charge >= 0.3 is 0 Å². The molecule has 2 heterocycles. The predicted molar refractivity (Wildman–Crippen MR) is 161 cm³/mol. The largest absolute Gasteiger partial charge is 0.370 e. The molecule has 1 aromatic heterocycles. The molecule has 3 fully saturated rings. The maximum Gasteiger partial charge on any atom is 0.224 e. The van der Waals surface area contributed by atoms with Crippen molar-refractivity contribution in [3.8, 4) is 29.0 Å². The van der Waals surface area contributed by atoms with Gasteiger partial charge in [-0.2, -0.15) is 15.6 Å². The fourth-order valence-corrected chi connectivity index (χ4v) is 6.49. The smallest absolute Gasteiger partial charge is 0.224 e. The molecule has 1 amide bonds. The lowest BCUT2D eigenvalue weighted by molar-refractivity contribution is -0.126. The first kappa shape index (κ1) is 28.6. The fourth-order valence-electron chi connectivity index (χ4n) is 5.44. The molecule has 0 unspecified atom stereocenters. The molecular weight excluding hydrogens is 532 g/mol. The number of nitriles is 2. The Morgan fingerprint density at radius 3 is 2.34 bits per heavy atom. The number of aryl methyl sites for hydroxylation is 1. The van der Waals surface area contributed by atoms with E-state index in [2.05, 4.69) is 51.7 Å². The van der Waals surface area contributed by atoms with E-state index >= 15 is 0 Å². The lowest BCUT2D eigenvalue weighted by Gasteiger charge is -2.28. The number of aromatic nitrogens is 2. The molecule has 212 valence electrons. The summed E-state index contributed by atoms with van der Waals surface area (Å²) < 4.78 is 13.4. The quantitative estimate of drug-likeness (QED) is 0.462. The van der Waals surface area contributed by atoms with Crippen molar-refractivity contribution in [2.75, 3.05) is 29.5 Å². The molecule has 41 heavy (non-hydrogen) atoms. The summed E-state index contributed by atoms with van der Waals surface area (Å²) in [6, 6.07) is 18.4. The molecule has 3 aliphatic rings. The Hall–Kier alpha value is -3.95. The van der Waals surface area contributed by atoms with Crippen LogP contribution in [0.15, 0.2) is 54.9 Å². The van der Waals surface area contributed by atoms with Crippen LogP contribution in [-0.4, -0.2) is 50.0 Å². The molecule has 0 radical (unpaired) electrons. The van der Waals surface area contributed by atoms with Crippen molar-refractivity contribution >= 4 is 22.4 Å². The summed E-state index contributed by atoms with van der Waals surface area (Å²) in [7, 11) is -0.659. The molecule has 1 saturated heterocycles. The number of nitrogens with one attached hydrogen (secondary N) is 1. The van der Waals surface area contributed by atoms with Gasteiger partial charge in [-0.25, -0.2) is 4.68 Å². The minimum atomic E-state index is -0.659. The van der Waals surface area contributed by atoms with Gasteiger partial charge in [0.25, 0.3) is 0 Å². The van der Waals surface area contributed by atoms with Gasteiger partial charge in [0.05, 0.1) is 29.6 Å². The number of amides is 1. The zero-order valence-electron chi connectivity index (χ0n) is 23.5. The number of hydrogen-bond donors (Lipinski definition) is 1. The summed E-state index contributed by atoms with van der Waals surface area (Å²) in [4.78, 5) is 14.0. The van der Waals surface area contributed by atoms with Gasteiger partial charge in [-0.05, 0) is 74.1 Å². The first-order chi connectivity index (χ1) is 19.9. The Bertz CT molecular complexity index is 1480. The first-order valence-corrected chi connectivity index (χ1v) is 15.9. The number of carbonyl (C=O) groups is 1. The van der Waals surface area contributed by atoms with Gasteiger partial charge in [-0.3, -0.25) is 9.00 Å². The SMILES string of the molecule is Cc1cc(C#N)ccc1-n1cc(-c2ccc(N3CCS(=O)CC3)cc2)cn1.N#CC1(NC(=O)C2CCCCC2)CC1. The highest BCUT2D eigenvalue weighted by Gasteiger charge is 2.45. The summed E-state index contributed by atoms with van der Waals surface area (Å²) >= 11 is 0. The Morgan fingerprint density at radius 1 is 1.02 bits per heavy atom. The molecule has 0 bridgehead atoms. The van der Waals surface area contributed by atoms with Gasteiger partial charge < -0.3 is 10.2 Å². The topological polar surface area (TPSA) is 115 Å². The monoisotopic (exact) mass is 568 g/mol. The second-order valence-electron chi connectivity index (χ2n) is 11.2. The number of anilines is 1. The van der Waals surface area contributed by atoms with Crippen molar-refractivity contribution < 1.29 is 9.00 Å². The molecule has 3 aromatic rings. The van der Waals surface area contributed by atoms with Crippen LogP contribution in [0.25, 0.3) is 16.8 Å². The van der Waals surface area contributed by atoms with Gasteiger partial charge in [-0.1, -0.05) is 31.4 Å². The molecule has 2 aromatic carbocycles. The average Bonchev–Trinajstić information content (AvgIpc) is 3.62. The van der Waals surface area contributed by atoms with Crippen molar-refractivity contribution in [3.05, 3.63) is 66.0 Å². The van der Waals surface area contributed by atoms with Crippen LogP contribution in [0.5, 0.6) is 0 Å². The van der Waals surface area contributed by atoms with E-state index in [9.17, 15) is 9.00 Å². The maximum atomic E-state index is 11.8. The van der Waals surface area contributed by atoms with E-state index in [0.29, 0.717) is 5.56 Å². The summed E-state index contributed by atoms with van der Waals surface area (Å²) in [5.41, 5.74) is 5.49. The minimum Gasteiger partial charge on any atom is -0.370 e. The van der Waals surface area contributed by atoms with Gasteiger partial charge in [0.2, 0.25) is 5.91 Å². The third-order valence-corrected chi connectivity index (χ3v) is 9.48. The first-order valence-electron chi connectivity index (χ1n) is 14.4. The van der Waals surface area contributed by atoms with Crippen LogP contribution in [0.1, 0.15) is 56.1 Å². The molecule has 9 heteroatoms. The second kappa shape index (κ2) is 12.7. The lowest BCUT2D eigenvalue weighted by atomic mass is 9.88. The average molecular weight is 569 g/mol. The number of rotatable bonds is 5. The Labute approximate surface area is 244 Å². The molecule has 6 rings (SSSR count). The Kier molecular flexibility index (Phi) is 8.85. The van der Waals surface area contributed by atoms with E-state index in [4.69, 9.17) is 10.5 Å². The summed E-state index contributed by atoms with van der Waals surface area (Å²) in [6.45, 7) is 3.68. The summed E-state index contributed by atoms with van der Waals surface area (Å²) in [5.74, 6) is 1.79. The highest BCUT2D eigenvalue weighted by Crippen LogP contribution is 2.35. The predicted octanol–water partition coefficient (Wildman–Crippen LogP) is 5.03. The zero-order valence-corrected chi connectivity index (χ0v) is 24.3. The molecule has 2 aliphatic carbocycles. The molecular formula is C32H36N6O2S. The van der Waals surface area contributed by atoms with Crippen molar-refractivity contribution in [1.29, 1.82) is 10.5 Å². The van der Waals surface area contributed by atoms with Gasteiger partial charge in [-0.15, -0.1) is 0 Å². The molecule has 0 spiro atoms. The summed E-state index contributed by atoms with van der Waals surface area (Å²) in [6.07, 6.45) is 11.1.